The number of benzene rings is 2. The van der Waals surface area contributed by atoms with Crippen molar-refractivity contribution in [2.24, 2.45) is 0 Å². The van der Waals surface area contributed by atoms with E-state index in [-0.39, 0.29) is 36.5 Å². The standard InChI is InChI=1S/C20H17ClFN5O5S2/c1-23-15-9-14-12(8-13(15)22)18(28)27(20(30)25-14)11-4-2-10(3-5-11)24-19(29)26-34(31,32)17-7-6-16(21)33-17/h2-9,19,23-24,26,29H,1H3,(H,25,30). The number of nitrogens with one attached hydrogen (secondary N) is 4. The Hall–Kier alpha value is -3.23. The molecule has 0 fully saturated rings. The Balaban J connectivity index is 1.58. The van der Waals surface area contributed by atoms with E-state index in [1.54, 1.807) is 0 Å². The summed E-state index contributed by atoms with van der Waals surface area (Å²) >= 11 is 6.58. The molecule has 10 nitrogen and oxygen atoms in total. The second-order valence-electron chi connectivity index (χ2n) is 6.97. The molecule has 178 valence electrons. The Morgan fingerprint density at radius 2 is 1.85 bits per heavy atom. The molecule has 1 atom stereocenters. The van der Waals surface area contributed by atoms with E-state index < -0.39 is 33.4 Å². The number of hydrogen-bond acceptors (Lipinski definition) is 8. The normalized spacial score (nSPS) is 12.6. The van der Waals surface area contributed by atoms with Crippen molar-refractivity contribution in [3.05, 3.63) is 79.5 Å². The van der Waals surface area contributed by atoms with Gasteiger partial charge in [0.05, 0.1) is 26.6 Å². The van der Waals surface area contributed by atoms with Crippen LogP contribution in [0.2, 0.25) is 4.34 Å². The molecule has 5 N–H and O–H groups in total. The summed E-state index contributed by atoms with van der Waals surface area (Å²) in [6, 6.07) is 10.8. The minimum Gasteiger partial charge on any atom is -0.386 e. The molecule has 2 aromatic carbocycles. The molecule has 0 amide bonds. The lowest BCUT2D eigenvalue weighted by Crippen LogP contribution is -2.39. The first-order chi connectivity index (χ1) is 16.1. The number of thiophene rings is 1. The van der Waals surface area contributed by atoms with Crippen LogP contribution in [-0.4, -0.2) is 36.5 Å². The molecule has 0 aliphatic rings. The molecule has 0 saturated carbocycles. The fourth-order valence-corrected chi connectivity index (χ4v) is 5.69. The Bertz CT molecular complexity index is 1600. The summed E-state index contributed by atoms with van der Waals surface area (Å²) in [5.41, 5.74) is -0.666. The van der Waals surface area contributed by atoms with Gasteiger partial charge in [-0.1, -0.05) is 11.6 Å². The van der Waals surface area contributed by atoms with Crippen LogP contribution in [0.25, 0.3) is 16.6 Å². The number of H-pyrrole nitrogens is 1. The van der Waals surface area contributed by atoms with Crippen LogP contribution in [0.3, 0.4) is 0 Å². The average molecular weight is 526 g/mol. The molecular formula is C20H17ClFN5O5S2. The number of rotatable bonds is 7. The molecule has 0 radical (unpaired) electrons. The minimum absolute atomic E-state index is 0.0168. The van der Waals surface area contributed by atoms with Crippen molar-refractivity contribution in [2.75, 3.05) is 17.7 Å². The van der Waals surface area contributed by atoms with Gasteiger partial charge in [-0.2, -0.15) is 4.72 Å². The second kappa shape index (κ2) is 9.19. The summed E-state index contributed by atoms with van der Waals surface area (Å²) in [6.45, 7) is 0. The summed E-state index contributed by atoms with van der Waals surface area (Å²) in [4.78, 5) is 28.0. The molecule has 1 unspecified atom stereocenters. The SMILES string of the molecule is CNc1cc2[nH]c(=O)n(-c3ccc(NC(O)NS(=O)(=O)c4ccc(Cl)s4)cc3)c(=O)c2cc1F. The minimum atomic E-state index is -4.01. The molecule has 34 heavy (non-hydrogen) atoms. The first-order valence-electron chi connectivity index (χ1n) is 9.58. The van der Waals surface area contributed by atoms with Crippen LogP contribution in [0.1, 0.15) is 0 Å². The van der Waals surface area contributed by atoms with Gasteiger partial charge < -0.3 is 20.7 Å². The number of aliphatic hydroxyl groups is 1. The number of fused-ring (bicyclic) bond motifs is 1. The quantitative estimate of drug-likeness (QED) is 0.233. The van der Waals surface area contributed by atoms with Crippen LogP contribution < -0.4 is 26.6 Å². The van der Waals surface area contributed by atoms with E-state index in [4.69, 9.17) is 11.6 Å². The first kappa shape index (κ1) is 23.9. The Labute approximate surface area is 200 Å². The molecule has 2 heterocycles. The van der Waals surface area contributed by atoms with Crippen LogP contribution in [0.4, 0.5) is 15.8 Å². The molecule has 4 rings (SSSR count). The van der Waals surface area contributed by atoms with E-state index >= 15 is 0 Å². The van der Waals surface area contributed by atoms with E-state index in [2.05, 4.69) is 20.3 Å². The third-order valence-electron chi connectivity index (χ3n) is 4.76. The van der Waals surface area contributed by atoms with Gasteiger partial charge in [0, 0.05) is 12.7 Å². The number of hydrogen-bond donors (Lipinski definition) is 5. The fourth-order valence-electron chi connectivity index (χ4n) is 3.20. The van der Waals surface area contributed by atoms with Crippen molar-refractivity contribution < 1.29 is 17.9 Å². The fraction of sp³-hybridized carbons (Fsp3) is 0.100. The lowest BCUT2D eigenvalue weighted by Gasteiger charge is -2.16. The summed E-state index contributed by atoms with van der Waals surface area (Å²) in [5.74, 6) is -0.647. The van der Waals surface area contributed by atoms with Gasteiger partial charge in [-0.25, -0.2) is 22.2 Å². The van der Waals surface area contributed by atoms with E-state index in [9.17, 15) is 27.5 Å². The predicted octanol–water partition coefficient (Wildman–Crippen LogP) is 2.24. The van der Waals surface area contributed by atoms with Gasteiger partial charge in [-0.15, -0.1) is 11.3 Å². The number of anilines is 2. The Morgan fingerprint density at radius 1 is 1.15 bits per heavy atom. The third-order valence-corrected chi connectivity index (χ3v) is 7.90. The van der Waals surface area contributed by atoms with Gasteiger partial charge in [0.25, 0.3) is 15.6 Å². The highest BCUT2D eigenvalue weighted by Crippen LogP contribution is 2.25. The summed E-state index contributed by atoms with van der Waals surface area (Å²) < 4.78 is 41.8. The van der Waals surface area contributed by atoms with Gasteiger partial charge in [0.1, 0.15) is 10.0 Å². The molecular weight excluding hydrogens is 509 g/mol. The maximum absolute atomic E-state index is 14.1. The van der Waals surface area contributed by atoms with E-state index in [1.165, 1.54) is 49.5 Å². The monoisotopic (exact) mass is 525 g/mol. The third kappa shape index (κ3) is 4.69. The van der Waals surface area contributed by atoms with Gasteiger partial charge in [0.15, 0.2) is 6.35 Å². The topological polar surface area (TPSA) is 145 Å². The van der Waals surface area contributed by atoms with Crippen LogP contribution in [0.5, 0.6) is 0 Å². The maximum atomic E-state index is 14.1. The number of aromatic nitrogens is 2. The van der Waals surface area contributed by atoms with Gasteiger partial charge >= 0.3 is 5.69 Å². The zero-order chi connectivity index (χ0) is 24.6. The molecule has 0 bridgehead atoms. The molecule has 2 aromatic heterocycles. The molecule has 0 saturated heterocycles. The van der Waals surface area contributed by atoms with Crippen LogP contribution >= 0.6 is 22.9 Å². The number of aromatic amines is 1. The van der Waals surface area contributed by atoms with Crippen molar-refractivity contribution in [1.29, 1.82) is 0 Å². The maximum Gasteiger partial charge on any atom is 0.333 e. The smallest absolute Gasteiger partial charge is 0.333 e. The predicted molar refractivity (Wildman–Crippen MR) is 129 cm³/mol. The van der Waals surface area contributed by atoms with E-state index in [0.717, 1.165) is 22.0 Å². The Kier molecular flexibility index (Phi) is 6.47. The average Bonchev–Trinajstić information content (AvgIpc) is 3.22. The molecule has 4 aromatic rings. The lowest BCUT2D eigenvalue weighted by atomic mass is 10.2. The van der Waals surface area contributed by atoms with Gasteiger partial charge in [-0.3, -0.25) is 4.79 Å². The van der Waals surface area contributed by atoms with Crippen molar-refractivity contribution in [1.82, 2.24) is 14.3 Å². The number of nitrogens with zero attached hydrogens (tertiary/aromatic N) is 1. The highest BCUT2D eigenvalue weighted by Gasteiger charge is 2.20. The van der Waals surface area contributed by atoms with Crippen molar-refractivity contribution in [2.45, 2.75) is 10.6 Å². The second-order valence-corrected chi connectivity index (χ2v) is 10.6. The van der Waals surface area contributed by atoms with Gasteiger partial charge in [0.2, 0.25) is 0 Å². The summed E-state index contributed by atoms with van der Waals surface area (Å²) in [7, 11) is -2.49. The lowest BCUT2D eigenvalue weighted by molar-refractivity contribution is 0.192. The molecule has 0 spiro atoms. The van der Waals surface area contributed by atoms with Crippen molar-refractivity contribution in [3.8, 4) is 5.69 Å². The van der Waals surface area contributed by atoms with E-state index in [1.807, 2.05) is 0 Å². The number of aliphatic hydroxyl groups excluding tert-OH is 1. The van der Waals surface area contributed by atoms with Gasteiger partial charge in [-0.05, 0) is 48.5 Å². The number of sulfonamides is 1. The highest BCUT2D eigenvalue weighted by atomic mass is 35.5. The van der Waals surface area contributed by atoms with Crippen LogP contribution in [0, 0.1) is 5.82 Å². The van der Waals surface area contributed by atoms with Crippen molar-refractivity contribution in [3.63, 3.8) is 0 Å². The highest BCUT2D eigenvalue weighted by molar-refractivity contribution is 7.91. The summed E-state index contributed by atoms with van der Waals surface area (Å²) in [6.07, 6.45) is -1.67. The zero-order valence-corrected chi connectivity index (χ0v) is 19.7. The molecule has 14 heteroatoms. The Morgan fingerprint density at radius 3 is 2.47 bits per heavy atom. The van der Waals surface area contributed by atoms with Crippen LogP contribution in [-0.2, 0) is 10.0 Å². The largest absolute Gasteiger partial charge is 0.386 e. The van der Waals surface area contributed by atoms with Crippen LogP contribution in [0.15, 0.2) is 62.3 Å². The van der Waals surface area contributed by atoms with Crippen molar-refractivity contribution >= 4 is 55.2 Å². The number of halogens is 2. The molecule has 0 aliphatic carbocycles. The summed E-state index contributed by atoms with van der Waals surface area (Å²) in [5, 5.41) is 15.2. The zero-order valence-electron chi connectivity index (χ0n) is 17.3. The molecule has 0 aliphatic heterocycles. The first-order valence-corrected chi connectivity index (χ1v) is 12.3. The van der Waals surface area contributed by atoms with E-state index in [0.29, 0.717) is 0 Å².